The molecule has 0 saturated heterocycles. The summed E-state index contributed by atoms with van der Waals surface area (Å²) in [5.74, 6) is 0.494. The average Bonchev–Trinajstić information content (AvgIpc) is 3.35. The summed E-state index contributed by atoms with van der Waals surface area (Å²) in [6, 6.07) is 15.3. The molecule has 0 bridgehead atoms. The standard InChI is InChI=1S/C23H16BrN3O2S/c24-16-5-3-4-14(10-16)20-9-8-17(29-20)11-15(12-25)22(28)27-23-19(13-26)18-6-1-2-7-21(18)30-23/h3-5,8-11H,1-2,6-7H2,(H,27,28)/b15-11+. The molecule has 0 atom stereocenters. The molecule has 4 rings (SSSR count). The smallest absolute Gasteiger partial charge is 0.267 e. The molecule has 7 heteroatoms. The number of hydrogen-bond donors (Lipinski definition) is 1. The van der Waals surface area contributed by atoms with Gasteiger partial charge in [-0.1, -0.05) is 28.1 Å². The van der Waals surface area contributed by atoms with Gasteiger partial charge in [-0.15, -0.1) is 11.3 Å². The number of halogens is 1. The molecule has 0 spiro atoms. The van der Waals surface area contributed by atoms with E-state index in [0.29, 0.717) is 22.1 Å². The summed E-state index contributed by atoms with van der Waals surface area (Å²) in [5.41, 5.74) is 2.36. The Morgan fingerprint density at radius 1 is 1.20 bits per heavy atom. The normalized spacial score (nSPS) is 13.2. The van der Waals surface area contributed by atoms with E-state index in [4.69, 9.17) is 4.42 Å². The molecular formula is C23H16BrN3O2S. The second kappa shape index (κ2) is 8.71. The van der Waals surface area contributed by atoms with Gasteiger partial charge in [0.1, 0.15) is 34.2 Å². The number of anilines is 1. The van der Waals surface area contributed by atoms with E-state index in [9.17, 15) is 15.3 Å². The van der Waals surface area contributed by atoms with Gasteiger partial charge in [-0.2, -0.15) is 10.5 Å². The number of hydrogen-bond acceptors (Lipinski definition) is 5. The summed E-state index contributed by atoms with van der Waals surface area (Å²) < 4.78 is 6.72. The Kier molecular flexibility index (Phi) is 5.85. The lowest BCUT2D eigenvalue weighted by Crippen LogP contribution is -2.13. The molecule has 30 heavy (non-hydrogen) atoms. The van der Waals surface area contributed by atoms with Crippen LogP contribution in [0.15, 0.2) is 50.9 Å². The van der Waals surface area contributed by atoms with Gasteiger partial charge in [-0.25, -0.2) is 0 Å². The summed E-state index contributed by atoms with van der Waals surface area (Å²) in [4.78, 5) is 13.9. The largest absolute Gasteiger partial charge is 0.457 e. The van der Waals surface area contributed by atoms with E-state index in [1.165, 1.54) is 17.4 Å². The van der Waals surface area contributed by atoms with Crippen LogP contribution in [0.3, 0.4) is 0 Å². The number of nitrogens with one attached hydrogen (secondary N) is 1. The zero-order valence-electron chi connectivity index (χ0n) is 15.9. The molecular weight excluding hydrogens is 462 g/mol. The fourth-order valence-electron chi connectivity index (χ4n) is 3.46. The van der Waals surface area contributed by atoms with Crippen LogP contribution in [-0.2, 0) is 17.6 Å². The Bertz CT molecular complexity index is 1240. The Balaban J connectivity index is 1.57. The predicted molar refractivity (Wildman–Crippen MR) is 120 cm³/mol. The van der Waals surface area contributed by atoms with Crippen LogP contribution in [0.25, 0.3) is 17.4 Å². The molecule has 1 N–H and O–H groups in total. The van der Waals surface area contributed by atoms with Crippen LogP contribution < -0.4 is 5.32 Å². The van der Waals surface area contributed by atoms with Crippen molar-refractivity contribution < 1.29 is 9.21 Å². The van der Waals surface area contributed by atoms with Crippen molar-refractivity contribution in [2.45, 2.75) is 25.7 Å². The maximum Gasteiger partial charge on any atom is 0.267 e. The van der Waals surface area contributed by atoms with E-state index in [1.807, 2.05) is 30.3 Å². The molecule has 1 aliphatic rings. The van der Waals surface area contributed by atoms with Gasteiger partial charge in [0, 0.05) is 21.0 Å². The molecule has 1 aliphatic carbocycles. The molecule has 2 aromatic heterocycles. The van der Waals surface area contributed by atoms with Crippen molar-refractivity contribution in [1.82, 2.24) is 0 Å². The summed E-state index contributed by atoms with van der Waals surface area (Å²) >= 11 is 4.86. The van der Waals surface area contributed by atoms with Crippen molar-refractivity contribution in [2.24, 2.45) is 0 Å². The van der Waals surface area contributed by atoms with Gasteiger partial charge in [0.2, 0.25) is 0 Å². The number of rotatable bonds is 4. The van der Waals surface area contributed by atoms with Crippen molar-refractivity contribution in [3.05, 3.63) is 68.2 Å². The van der Waals surface area contributed by atoms with E-state index in [1.54, 1.807) is 12.1 Å². The predicted octanol–water partition coefficient (Wildman–Crippen LogP) is 6.07. The van der Waals surface area contributed by atoms with Gasteiger partial charge in [-0.3, -0.25) is 4.79 Å². The number of thiophene rings is 1. The van der Waals surface area contributed by atoms with E-state index in [0.717, 1.165) is 46.2 Å². The summed E-state index contributed by atoms with van der Waals surface area (Å²) in [7, 11) is 0. The quantitative estimate of drug-likeness (QED) is 0.364. The minimum atomic E-state index is -0.548. The Hall–Kier alpha value is -3.13. The van der Waals surface area contributed by atoms with Crippen LogP contribution in [0.4, 0.5) is 5.00 Å². The molecule has 2 heterocycles. The number of carbonyl (C=O) groups excluding carboxylic acids is 1. The van der Waals surface area contributed by atoms with Gasteiger partial charge in [0.05, 0.1) is 5.56 Å². The van der Waals surface area contributed by atoms with Crippen molar-refractivity contribution >= 4 is 44.3 Å². The molecule has 0 unspecified atom stereocenters. The molecule has 0 fully saturated rings. The molecule has 1 amide bonds. The zero-order valence-corrected chi connectivity index (χ0v) is 18.3. The van der Waals surface area contributed by atoms with Crippen molar-refractivity contribution in [3.63, 3.8) is 0 Å². The van der Waals surface area contributed by atoms with Gasteiger partial charge in [-0.05, 0) is 55.5 Å². The average molecular weight is 478 g/mol. The molecule has 0 aliphatic heterocycles. The molecule has 1 aromatic carbocycles. The number of amides is 1. The lowest BCUT2D eigenvalue weighted by molar-refractivity contribution is -0.112. The highest BCUT2D eigenvalue weighted by Gasteiger charge is 2.22. The monoisotopic (exact) mass is 477 g/mol. The van der Waals surface area contributed by atoms with Gasteiger partial charge < -0.3 is 9.73 Å². The SMILES string of the molecule is N#C/C(=C\c1ccc(-c2cccc(Br)c2)o1)C(=O)Nc1sc2c(c1C#N)CCCC2. The highest BCUT2D eigenvalue weighted by atomic mass is 79.9. The highest BCUT2D eigenvalue weighted by Crippen LogP contribution is 2.37. The molecule has 3 aromatic rings. The van der Waals surface area contributed by atoms with Crippen molar-refractivity contribution in [1.29, 1.82) is 10.5 Å². The number of fused-ring (bicyclic) bond motifs is 1. The van der Waals surface area contributed by atoms with Crippen LogP contribution in [0.5, 0.6) is 0 Å². The molecule has 0 radical (unpaired) electrons. The van der Waals surface area contributed by atoms with Crippen LogP contribution >= 0.6 is 27.3 Å². The Morgan fingerprint density at radius 3 is 2.80 bits per heavy atom. The lowest BCUT2D eigenvalue weighted by atomic mass is 9.96. The van der Waals surface area contributed by atoms with Gasteiger partial charge in [0.25, 0.3) is 5.91 Å². The number of carbonyl (C=O) groups is 1. The minimum Gasteiger partial charge on any atom is -0.457 e. The second-order valence-electron chi connectivity index (χ2n) is 6.86. The maximum atomic E-state index is 12.7. The van der Waals surface area contributed by atoms with Gasteiger partial charge in [0.15, 0.2) is 0 Å². The topological polar surface area (TPSA) is 89.8 Å². The molecule has 5 nitrogen and oxygen atoms in total. The first-order chi connectivity index (χ1) is 14.6. The van der Waals surface area contributed by atoms with Crippen molar-refractivity contribution in [3.8, 4) is 23.5 Å². The van der Waals surface area contributed by atoms with Crippen LogP contribution in [0.1, 0.15) is 34.6 Å². The fourth-order valence-corrected chi connectivity index (χ4v) is 5.09. The summed E-state index contributed by atoms with van der Waals surface area (Å²) in [6.45, 7) is 0. The van der Waals surface area contributed by atoms with Gasteiger partial charge >= 0.3 is 0 Å². The maximum absolute atomic E-state index is 12.7. The van der Waals surface area contributed by atoms with E-state index in [2.05, 4.69) is 27.3 Å². The van der Waals surface area contributed by atoms with Crippen molar-refractivity contribution in [2.75, 3.05) is 5.32 Å². The number of aryl methyl sites for hydroxylation is 1. The van der Waals surface area contributed by atoms with Crippen LogP contribution in [0, 0.1) is 22.7 Å². The lowest BCUT2D eigenvalue weighted by Gasteiger charge is -2.09. The number of nitrogens with zero attached hydrogens (tertiary/aromatic N) is 2. The first-order valence-corrected chi connectivity index (χ1v) is 11.0. The summed E-state index contributed by atoms with van der Waals surface area (Å²) in [5, 5.41) is 22.3. The third-order valence-electron chi connectivity index (χ3n) is 4.90. The van der Waals surface area contributed by atoms with E-state index >= 15 is 0 Å². The third-order valence-corrected chi connectivity index (χ3v) is 6.60. The fraction of sp³-hybridized carbons (Fsp3) is 0.174. The Labute approximate surface area is 186 Å². The van der Waals surface area contributed by atoms with Crippen LogP contribution in [0.2, 0.25) is 0 Å². The minimum absolute atomic E-state index is 0.0830. The number of benzene rings is 1. The first kappa shape index (κ1) is 20.2. The second-order valence-corrected chi connectivity index (χ2v) is 8.88. The molecule has 148 valence electrons. The van der Waals surface area contributed by atoms with E-state index < -0.39 is 5.91 Å². The molecule has 0 saturated carbocycles. The summed E-state index contributed by atoms with van der Waals surface area (Å²) in [6.07, 6.45) is 5.34. The van der Waals surface area contributed by atoms with Crippen LogP contribution in [-0.4, -0.2) is 5.91 Å². The number of nitriles is 2. The first-order valence-electron chi connectivity index (χ1n) is 9.42. The number of furan rings is 1. The third kappa shape index (κ3) is 4.09. The Morgan fingerprint density at radius 2 is 2.03 bits per heavy atom. The zero-order chi connectivity index (χ0) is 21.1. The van der Waals surface area contributed by atoms with E-state index in [-0.39, 0.29) is 5.57 Å². The highest BCUT2D eigenvalue weighted by molar-refractivity contribution is 9.10.